The third kappa shape index (κ3) is 3.35. The lowest BCUT2D eigenvalue weighted by Gasteiger charge is -2.33. The molecule has 2 aliphatic rings. The Labute approximate surface area is 146 Å². The van der Waals surface area contributed by atoms with Crippen LogP contribution in [0.1, 0.15) is 13.3 Å². The van der Waals surface area contributed by atoms with Gasteiger partial charge in [-0.1, -0.05) is 11.6 Å². The number of carbonyl (C=O) groups is 2. The minimum atomic E-state index is -0.313. The Morgan fingerprint density at radius 3 is 2.88 bits per heavy atom. The van der Waals surface area contributed by atoms with Crippen LogP contribution in [0.25, 0.3) is 0 Å². The van der Waals surface area contributed by atoms with E-state index in [2.05, 4.69) is 12.2 Å². The van der Waals surface area contributed by atoms with Crippen LogP contribution >= 0.6 is 11.6 Å². The van der Waals surface area contributed by atoms with E-state index in [1.54, 1.807) is 30.2 Å². The summed E-state index contributed by atoms with van der Waals surface area (Å²) in [6.07, 6.45) is 0.229. The van der Waals surface area contributed by atoms with Crippen molar-refractivity contribution in [2.24, 2.45) is 5.92 Å². The lowest BCUT2D eigenvalue weighted by molar-refractivity contribution is -0.136. The molecule has 1 aromatic rings. The van der Waals surface area contributed by atoms with Crippen molar-refractivity contribution < 1.29 is 14.3 Å². The highest BCUT2D eigenvalue weighted by molar-refractivity contribution is 6.31. The van der Waals surface area contributed by atoms with Crippen molar-refractivity contribution in [2.75, 3.05) is 38.2 Å². The number of carbonyl (C=O) groups excluding carboxylic acids is 2. The van der Waals surface area contributed by atoms with Crippen molar-refractivity contribution in [2.45, 2.75) is 19.4 Å². The van der Waals surface area contributed by atoms with Crippen LogP contribution < -0.4 is 15.0 Å². The van der Waals surface area contributed by atoms with E-state index in [1.165, 1.54) is 0 Å². The fourth-order valence-electron chi connectivity index (χ4n) is 3.37. The average molecular weight is 352 g/mol. The van der Waals surface area contributed by atoms with Crippen LogP contribution in [0.2, 0.25) is 5.02 Å². The van der Waals surface area contributed by atoms with Crippen molar-refractivity contribution in [3.05, 3.63) is 23.2 Å². The summed E-state index contributed by atoms with van der Waals surface area (Å²) < 4.78 is 5.33. The van der Waals surface area contributed by atoms with Crippen LogP contribution in [0.15, 0.2) is 18.2 Å². The van der Waals surface area contributed by atoms with Gasteiger partial charge in [-0.2, -0.15) is 0 Å². The number of hydrogen-bond donors (Lipinski definition) is 1. The largest absolute Gasteiger partial charge is 0.495 e. The number of nitrogens with zero attached hydrogens (tertiary/aromatic N) is 2. The summed E-state index contributed by atoms with van der Waals surface area (Å²) in [5, 5.41) is 3.85. The SMILES string of the molecule is COc1ccc(Cl)cc1N1CC(C(=O)N2CCNC(C)C2)CC1=O. The maximum atomic E-state index is 12.8. The number of ether oxygens (including phenoxy) is 1. The molecule has 2 atom stereocenters. The second kappa shape index (κ2) is 6.99. The molecule has 2 amide bonds. The van der Waals surface area contributed by atoms with Crippen molar-refractivity contribution in [3.8, 4) is 5.75 Å². The minimum absolute atomic E-state index is 0.0557. The second-order valence-electron chi connectivity index (χ2n) is 6.36. The molecule has 1 N–H and O–H groups in total. The van der Waals surface area contributed by atoms with Crippen LogP contribution in [-0.4, -0.2) is 56.0 Å². The van der Waals surface area contributed by atoms with Gasteiger partial charge in [0, 0.05) is 43.7 Å². The molecule has 2 aliphatic heterocycles. The zero-order valence-corrected chi connectivity index (χ0v) is 14.7. The first-order chi connectivity index (χ1) is 11.5. The Morgan fingerprint density at radius 1 is 1.38 bits per heavy atom. The van der Waals surface area contributed by atoms with Gasteiger partial charge in [0.2, 0.25) is 11.8 Å². The zero-order valence-electron chi connectivity index (χ0n) is 13.9. The maximum absolute atomic E-state index is 12.8. The lowest BCUT2D eigenvalue weighted by Crippen LogP contribution is -2.53. The second-order valence-corrected chi connectivity index (χ2v) is 6.80. The average Bonchev–Trinajstić information content (AvgIpc) is 2.95. The molecular formula is C17H22ClN3O3. The van der Waals surface area contributed by atoms with E-state index in [1.807, 2.05) is 4.90 Å². The third-order valence-corrected chi connectivity index (χ3v) is 4.82. The van der Waals surface area contributed by atoms with E-state index in [9.17, 15) is 9.59 Å². The monoisotopic (exact) mass is 351 g/mol. The number of amides is 2. The summed E-state index contributed by atoms with van der Waals surface area (Å²) in [5.74, 6) is 0.250. The quantitative estimate of drug-likeness (QED) is 0.897. The lowest BCUT2D eigenvalue weighted by atomic mass is 10.1. The van der Waals surface area contributed by atoms with Gasteiger partial charge in [-0.15, -0.1) is 0 Å². The number of halogens is 1. The van der Waals surface area contributed by atoms with Crippen LogP contribution in [0.4, 0.5) is 5.69 Å². The van der Waals surface area contributed by atoms with Gasteiger partial charge in [0.15, 0.2) is 0 Å². The molecule has 2 heterocycles. The van der Waals surface area contributed by atoms with Gasteiger partial charge in [0.1, 0.15) is 5.75 Å². The fraction of sp³-hybridized carbons (Fsp3) is 0.529. The van der Waals surface area contributed by atoms with Gasteiger partial charge >= 0.3 is 0 Å². The van der Waals surface area contributed by atoms with Crippen LogP contribution in [0.5, 0.6) is 5.75 Å². The van der Waals surface area contributed by atoms with Gasteiger partial charge < -0.3 is 19.9 Å². The molecule has 6 nitrogen and oxygen atoms in total. The van der Waals surface area contributed by atoms with Crippen molar-refractivity contribution in [1.82, 2.24) is 10.2 Å². The Kier molecular flexibility index (Phi) is 4.96. The highest BCUT2D eigenvalue weighted by atomic mass is 35.5. The molecule has 24 heavy (non-hydrogen) atoms. The number of piperazine rings is 1. The molecule has 130 valence electrons. The van der Waals surface area contributed by atoms with Crippen LogP contribution in [0.3, 0.4) is 0 Å². The zero-order chi connectivity index (χ0) is 17.3. The summed E-state index contributed by atoms with van der Waals surface area (Å²) >= 11 is 6.06. The van der Waals surface area contributed by atoms with E-state index in [-0.39, 0.29) is 30.2 Å². The molecule has 0 aromatic heterocycles. The summed E-state index contributed by atoms with van der Waals surface area (Å²) in [4.78, 5) is 28.7. The molecule has 7 heteroatoms. The molecule has 2 saturated heterocycles. The predicted molar refractivity (Wildman–Crippen MR) is 92.5 cm³/mol. The molecule has 2 fully saturated rings. The normalized spacial score (nSPS) is 24.4. The number of methoxy groups -OCH3 is 1. The van der Waals surface area contributed by atoms with Gasteiger partial charge in [-0.05, 0) is 25.1 Å². The summed E-state index contributed by atoms with van der Waals surface area (Å²) in [6, 6.07) is 5.44. The molecular weight excluding hydrogens is 330 g/mol. The van der Waals surface area contributed by atoms with Gasteiger partial charge in [0.25, 0.3) is 0 Å². The van der Waals surface area contributed by atoms with E-state index >= 15 is 0 Å². The topological polar surface area (TPSA) is 61.9 Å². The highest BCUT2D eigenvalue weighted by Gasteiger charge is 2.38. The number of benzene rings is 1. The molecule has 0 saturated carbocycles. The number of anilines is 1. The number of rotatable bonds is 3. The summed E-state index contributed by atoms with van der Waals surface area (Å²) in [6.45, 7) is 4.59. The van der Waals surface area contributed by atoms with Crippen molar-refractivity contribution in [1.29, 1.82) is 0 Å². The number of nitrogens with one attached hydrogen (secondary N) is 1. The first kappa shape index (κ1) is 17.0. The fourth-order valence-corrected chi connectivity index (χ4v) is 3.54. The van der Waals surface area contributed by atoms with Gasteiger partial charge in [-0.3, -0.25) is 9.59 Å². The third-order valence-electron chi connectivity index (χ3n) is 4.59. The Morgan fingerprint density at radius 2 is 2.17 bits per heavy atom. The Bertz CT molecular complexity index is 652. The van der Waals surface area contributed by atoms with Gasteiger partial charge in [-0.25, -0.2) is 0 Å². The maximum Gasteiger partial charge on any atom is 0.228 e. The van der Waals surface area contributed by atoms with Crippen LogP contribution in [0, 0.1) is 5.92 Å². The Hall–Kier alpha value is -1.79. The standard InChI is InChI=1S/C17H22ClN3O3/c1-11-9-20(6-5-19-11)17(23)12-7-16(22)21(10-12)14-8-13(18)3-4-15(14)24-2/h3-4,8,11-12,19H,5-7,9-10H2,1-2H3. The minimum Gasteiger partial charge on any atom is -0.495 e. The molecule has 0 aliphatic carbocycles. The Balaban J connectivity index is 1.76. The molecule has 0 spiro atoms. The summed E-state index contributed by atoms with van der Waals surface area (Å²) in [5.41, 5.74) is 0.624. The summed E-state index contributed by atoms with van der Waals surface area (Å²) in [7, 11) is 1.55. The van der Waals surface area contributed by atoms with E-state index in [0.29, 0.717) is 36.1 Å². The highest BCUT2D eigenvalue weighted by Crippen LogP contribution is 2.35. The molecule has 0 radical (unpaired) electrons. The number of hydrogen-bond acceptors (Lipinski definition) is 4. The smallest absolute Gasteiger partial charge is 0.228 e. The van der Waals surface area contributed by atoms with E-state index in [0.717, 1.165) is 6.54 Å². The molecule has 2 unspecified atom stereocenters. The first-order valence-corrected chi connectivity index (χ1v) is 8.53. The molecule has 1 aromatic carbocycles. The van der Waals surface area contributed by atoms with Crippen molar-refractivity contribution >= 4 is 29.1 Å². The molecule has 3 rings (SSSR count). The van der Waals surface area contributed by atoms with Gasteiger partial charge in [0.05, 0.1) is 18.7 Å². The molecule has 0 bridgehead atoms. The van der Waals surface area contributed by atoms with E-state index < -0.39 is 0 Å². The predicted octanol–water partition coefficient (Wildman–Crippen LogP) is 1.52. The van der Waals surface area contributed by atoms with Crippen LogP contribution in [-0.2, 0) is 9.59 Å². The van der Waals surface area contributed by atoms with Crippen molar-refractivity contribution in [3.63, 3.8) is 0 Å². The van der Waals surface area contributed by atoms with E-state index in [4.69, 9.17) is 16.3 Å². The first-order valence-electron chi connectivity index (χ1n) is 8.15.